The van der Waals surface area contributed by atoms with E-state index in [9.17, 15) is 4.79 Å². The second-order valence-electron chi connectivity index (χ2n) is 5.86. The van der Waals surface area contributed by atoms with Gasteiger partial charge >= 0.3 is 0 Å². The third kappa shape index (κ3) is 5.40. The average Bonchev–Trinajstić information content (AvgIpc) is 3.09. The Balaban J connectivity index is 1.53. The molecule has 6 nitrogen and oxygen atoms in total. The molecule has 0 saturated carbocycles. The summed E-state index contributed by atoms with van der Waals surface area (Å²) in [6, 6.07) is 15.4. The van der Waals surface area contributed by atoms with E-state index in [1.807, 2.05) is 55.5 Å². The Morgan fingerprint density at radius 1 is 1.25 bits per heavy atom. The maximum atomic E-state index is 12.2. The minimum absolute atomic E-state index is 0.309. The van der Waals surface area contributed by atoms with Crippen LogP contribution in [0.5, 0.6) is 5.75 Å². The molecule has 1 heterocycles. The Morgan fingerprint density at radius 3 is 2.64 bits per heavy atom. The molecule has 0 bridgehead atoms. The lowest BCUT2D eigenvalue weighted by molar-refractivity contribution is 0.0958. The van der Waals surface area contributed by atoms with Crippen LogP contribution in [0.2, 0.25) is 0 Å². The van der Waals surface area contributed by atoms with Crippen LogP contribution in [0.3, 0.4) is 0 Å². The summed E-state index contributed by atoms with van der Waals surface area (Å²) < 4.78 is 6.81. The predicted octanol–water partition coefficient (Wildman–Crippen LogP) is 4.39. The Morgan fingerprint density at radius 2 is 1.96 bits per heavy atom. The molecule has 2 aromatic carbocycles. The fourth-order valence-electron chi connectivity index (χ4n) is 2.40. The van der Waals surface area contributed by atoms with Crippen molar-refractivity contribution in [3.05, 3.63) is 74.7 Å². The van der Waals surface area contributed by atoms with Gasteiger partial charge in [-0.3, -0.25) is 4.79 Å². The molecule has 8 heteroatoms. The largest absolute Gasteiger partial charge is 0.489 e. The number of rotatable bonds is 7. The number of halogens is 1. The monoisotopic (exact) mass is 458 g/mol. The number of nitrogens with two attached hydrogens (primary N) is 1. The van der Waals surface area contributed by atoms with Crippen LogP contribution in [0.1, 0.15) is 33.4 Å². The van der Waals surface area contributed by atoms with Crippen molar-refractivity contribution in [2.75, 3.05) is 5.73 Å². The summed E-state index contributed by atoms with van der Waals surface area (Å²) in [5, 5.41) is 4.38. The SMILES string of the molecule is CCc1nc(N)sc1C(=O)N/N=C/c1ccc(OCc2ccc(Br)cc2)cc1. The summed E-state index contributed by atoms with van der Waals surface area (Å²) >= 11 is 4.57. The van der Waals surface area contributed by atoms with Crippen molar-refractivity contribution >= 4 is 44.5 Å². The lowest BCUT2D eigenvalue weighted by atomic mass is 10.2. The fourth-order valence-corrected chi connectivity index (χ4v) is 3.48. The quantitative estimate of drug-likeness (QED) is 0.405. The number of ether oxygens (including phenoxy) is 1. The van der Waals surface area contributed by atoms with Gasteiger partial charge in [0.1, 0.15) is 17.2 Å². The highest BCUT2D eigenvalue weighted by molar-refractivity contribution is 9.10. The first-order valence-corrected chi connectivity index (χ1v) is 10.2. The number of anilines is 1. The molecule has 3 rings (SSSR count). The molecular weight excluding hydrogens is 440 g/mol. The summed E-state index contributed by atoms with van der Waals surface area (Å²) in [4.78, 5) is 16.8. The number of aryl methyl sites for hydroxylation is 1. The maximum Gasteiger partial charge on any atom is 0.283 e. The zero-order chi connectivity index (χ0) is 19.9. The molecule has 0 aliphatic rings. The Hall–Kier alpha value is -2.71. The number of hydrogen-bond acceptors (Lipinski definition) is 6. The second kappa shape index (κ2) is 9.48. The Labute approximate surface area is 175 Å². The zero-order valence-electron chi connectivity index (χ0n) is 15.2. The van der Waals surface area contributed by atoms with Gasteiger partial charge in [0.05, 0.1) is 11.9 Å². The van der Waals surface area contributed by atoms with Gasteiger partial charge in [0.25, 0.3) is 5.91 Å². The van der Waals surface area contributed by atoms with E-state index in [0.29, 0.717) is 28.7 Å². The molecule has 0 saturated heterocycles. The average molecular weight is 459 g/mol. The third-order valence-corrected chi connectivity index (χ3v) is 5.29. The fraction of sp³-hybridized carbons (Fsp3) is 0.150. The normalized spacial score (nSPS) is 10.9. The van der Waals surface area contributed by atoms with Crippen molar-refractivity contribution in [3.63, 3.8) is 0 Å². The lowest BCUT2D eigenvalue weighted by Crippen LogP contribution is -2.17. The van der Waals surface area contributed by atoms with Crippen molar-refractivity contribution in [1.82, 2.24) is 10.4 Å². The third-order valence-electron chi connectivity index (χ3n) is 3.83. The van der Waals surface area contributed by atoms with Crippen LogP contribution in [0.15, 0.2) is 58.1 Å². The van der Waals surface area contributed by atoms with E-state index in [0.717, 1.165) is 32.7 Å². The van der Waals surface area contributed by atoms with Crippen LogP contribution in [0.25, 0.3) is 0 Å². The Kier molecular flexibility index (Phi) is 6.78. The summed E-state index contributed by atoms with van der Waals surface area (Å²) in [6.45, 7) is 2.42. The molecule has 0 unspecified atom stereocenters. The van der Waals surface area contributed by atoms with Gasteiger partial charge in [0.15, 0.2) is 5.13 Å². The van der Waals surface area contributed by atoms with Gasteiger partial charge in [0.2, 0.25) is 0 Å². The highest BCUT2D eigenvalue weighted by atomic mass is 79.9. The molecule has 0 aliphatic carbocycles. The minimum atomic E-state index is -0.309. The number of hydrazone groups is 1. The maximum absolute atomic E-state index is 12.2. The second-order valence-corrected chi connectivity index (χ2v) is 7.81. The van der Waals surface area contributed by atoms with Gasteiger partial charge in [-0.25, -0.2) is 10.4 Å². The number of carbonyl (C=O) groups excluding carboxylic acids is 1. The van der Waals surface area contributed by atoms with E-state index in [4.69, 9.17) is 10.5 Å². The number of nitrogens with one attached hydrogen (secondary N) is 1. The number of carbonyl (C=O) groups is 1. The highest BCUT2D eigenvalue weighted by Crippen LogP contribution is 2.20. The van der Waals surface area contributed by atoms with Crippen molar-refractivity contribution < 1.29 is 9.53 Å². The zero-order valence-corrected chi connectivity index (χ0v) is 17.6. The first kappa shape index (κ1) is 20.0. The van der Waals surface area contributed by atoms with E-state index < -0.39 is 0 Å². The smallest absolute Gasteiger partial charge is 0.283 e. The molecule has 28 heavy (non-hydrogen) atoms. The summed E-state index contributed by atoms with van der Waals surface area (Å²) in [6.07, 6.45) is 2.22. The molecule has 1 aromatic heterocycles. The minimum Gasteiger partial charge on any atom is -0.489 e. The van der Waals surface area contributed by atoms with Gasteiger partial charge < -0.3 is 10.5 Å². The van der Waals surface area contributed by atoms with E-state index in [1.54, 1.807) is 6.21 Å². The molecule has 3 N–H and O–H groups in total. The van der Waals surface area contributed by atoms with Crippen LogP contribution >= 0.6 is 27.3 Å². The van der Waals surface area contributed by atoms with Gasteiger partial charge in [0, 0.05) is 4.47 Å². The molecule has 0 radical (unpaired) electrons. The van der Waals surface area contributed by atoms with E-state index in [2.05, 4.69) is 31.4 Å². The predicted molar refractivity (Wildman–Crippen MR) is 116 cm³/mol. The number of nitrogen functional groups attached to an aromatic ring is 1. The highest BCUT2D eigenvalue weighted by Gasteiger charge is 2.15. The molecular formula is C20H19BrN4O2S. The molecule has 0 fully saturated rings. The first-order chi connectivity index (χ1) is 13.5. The van der Waals surface area contributed by atoms with Crippen LogP contribution < -0.4 is 15.9 Å². The van der Waals surface area contributed by atoms with E-state index >= 15 is 0 Å². The molecule has 0 atom stereocenters. The van der Waals surface area contributed by atoms with Gasteiger partial charge in [-0.2, -0.15) is 5.10 Å². The van der Waals surface area contributed by atoms with Crippen LogP contribution in [-0.2, 0) is 13.0 Å². The van der Waals surface area contributed by atoms with E-state index in [1.165, 1.54) is 0 Å². The van der Waals surface area contributed by atoms with Gasteiger partial charge in [-0.05, 0) is 53.9 Å². The summed E-state index contributed by atoms with van der Waals surface area (Å²) in [7, 11) is 0. The number of nitrogens with zero attached hydrogens (tertiary/aromatic N) is 2. The van der Waals surface area contributed by atoms with Crippen molar-refractivity contribution in [1.29, 1.82) is 0 Å². The van der Waals surface area contributed by atoms with Crippen LogP contribution in [0.4, 0.5) is 5.13 Å². The number of aromatic nitrogens is 1. The van der Waals surface area contributed by atoms with Crippen molar-refractivity contribution in [2.45, 2.75) is 20.0 Å². The van der Waals surface area contributed by atoms with Gasteiger partial charge in [-0.15, -0.1) is 0 Å². The van der Waals surface area contributed by atoms with Crippen LogP contribution in [-0.4, -0.2) is 17.1 Å². The molecule has 3 aromatic rings. The van der Waals surface area contributed by atoms with Crippen molar-refractivity contribution in [2.24, 2.45) is 5.10 Å². The lowest BCUT2D eigenvalue weighted by Gasteiger charge is -2.06. The molecule has 0 spiro atoms. The topological polar surface area (TPSA) is 89.6 Å². The molecule has 0 aliphatic heterocycles. The van der Waals surface area contributed by atoms with Crippen molar-refractivity contribution in [3.8, 4) is 5.75 Å². The first-order valence-electron chi connectivity index (χ1n) is 8.61. The standard InChI is InChI=1S/C20H19BrN4O2S/c1-2-17-18(28-20(22)24-17)19(26)25-23-11-13-5-9-16(10-6-13)27-12-14-3-7-15(21)8-4-14/h3-11H,2,12H2,1H3,(H2,22,24)(H,25,26)/b23-11+. The Bertz CT molecular complexity index is 969. The number of benzene rings is 2. The number of thiazole rings is 1. The van der Waals surface area contributed by atoms with Gasteiger partial charge in [-0.1, -0.05) is 46.3 Å². The number of amides is 1. The summed E-state index contributed by atoms with van der Waals surface area (Å²) in [5.41, 5.74) is 10.8. The molecule has 1 amide bonds. The number of hydrogen-bond donors (Lipinski definition) is 2. The molecule has 144 valence electrons. The van der Waals surface area contributed by atoms with Crippen LogP contribution in [0, 0.1) is 0 Å². The van der Waals surface area contributed by atoms with E-state index in [-0.39, 0.29) is 5.91 Å². The summed E-state index contributed by atoms with van der Waals surface area (Å²) in [5.74, 6) is 0.452.